The standard InChI is InChI=1S/C41H26N4/c1-4-11-27(12-5-1)36-26-33-25-32(35-23-21-31-19-18-30-17-10-24-42-39(30)40(31)43-35)20-22-34(33)41-37(28-13-6-2-7-14-28)38(44-45(36)41)29-15-8-3-9-16-29/h1-26H. The van der Waals surface area contributed by atoms with Gasteiger partial charge in [-0.25, -0.2) is 9.50 Å². The molecule has 9 rings (SSSR count). The molecule has 0 saturated heterocycles. The molecule has 0 atom stereocenters. The van der Waals surface area contributed by atoms with Crippen LogP contribution in [0.1, 0.15) is 0 Å². The minimum absolute atomic E-state index is 0.917. The first-order valence-corrected chi connectivity index (χ1v) is 15.1. The molecule has 4 nitrogen and oxygen atoms in total. The molecule has 0 aliphatic carbocycles. The third-order valence-corrected chi connectivity index (χ3v) is 8.62. The highest BCUT2D eigenvalue weighted by Gasteiger charge is 2.21. The summed E-state index contributed by atoms with van der Waals surface area (Å²) in [6.45, 7) is 0. The summed E-state index contributed by atoms with van der Waals surface area (Å²) in [7, 11) is 0. The number of hydrogen-bond donors (Lipinski definition) is 0. The van der Waals surface area contributed by atoms with E-state index in [1.165, 1.54) is 0 Å². The van der Waals surface area contributed by atoms with E-state index in [9.17, 15) is 0 Å². The molecule has 0 radical (unpaired) electrons. The fourth-order valence-electron chi connectivity index (χ4n) is 6.48. The zero-order valence-corrected chi connectivity index (χ0v) is 24.3. The van der Waals surface area contributed by atoms with Gasteiger partial charge in [0, 0.05) is 44.6 Å². The summed E-state index contributed by atoms with van der Waals surface area (Å²) in [6.07, 6.45) is 1.84. The Morgan fingerprint density at radius 1 is 0.467 bits per heavy atom. The van der Waals surface area contributed by atoms with Crippen LogP contribution in [0.3, 0.4) is 0 Å². The van der Waals surface area contributed by atoms with Crippen molar-refractivity contribution in [3.05, 3.63) is 158 Å². The van der Waals surface area contributed by atoms with Gasteiger partial charge in [0.1, 0.15) is 5.69 Å². The summed E-state index contributed by atoms with van der Waals surface area (Å²) in [5, 5.41) is 9.77. The Hall–Kier alpha value is -6.13. The van der Waals surface area contributed by atoms with E-state index in [0.717, 1.165) is 83.0 Å². The van der Waals surface area contributed by atoms with Crippen LogP contribution in [0.4, 0.5) is 0 Å². The predicted molar refractivity (Wildman–Crippen MR) is 185 cm³/mol. The molecule has 0 N–H and O–H groups in total. The van der Waals surface area contributed by atoms with Gasteiger partial charge in [-0.3, -0.25) is 4.98 Å². The lowest BCUT2D eigenvalue weighted by atomic mass is 9.96. The second-order valence-electron chi connectivity index (χ2n) is 11.3. The summed E-state index contributed by atoms with van der Waals surface area (Å²) in [4.78, 5) is 9.82. The Bertz CT molecular complexity index is 2520. The Balaban J connectivity index is 1.35. The first-order valence-electron chi connectivity index (χ1n) is 15.1. The Kier molecular flexibility index (Phi) is 5.78. The molecular weight excluding hydrogens is 548 g/mol. The minimum Gasteiger partial charge on any atom is -0.254 e. The van der Waals surface area contributed by atoms with Gasteiger partial charge in [0.2, 0.25) is 0 Å². The molecule has 9 aromatic rings. The number of pyridine rings is 3. The number of fused-ring (bicyclic) bond motifs is 6. The summed E-state index contributed by atoms with van der Waals surface area (Å²) in [6, 6.07) is 53.1. The predicted octanol–water partition coefficient (Wildman–Crippen LogP) is 10.3. The van der Waals surface area contributed by atoms with Crippen LogP contribution in [0.15, 0.2) is 158 Å². The van der Waals surface area contributed by atoms with Crippen LogP contribution >= 0.6 is 0 Å². The van der Waals surface area contributed by atoms with Gasteiger partial charge in [-0.05, 0) is 35.2 Å². The van der Waals surface area contributed by atoms with Crippen LogP contribution in [0.2, 0.25) is 0 Å². The molecule has 0 amide bonds. The fourth-order valence-corrected chi connectivity index (χ4v) is 6.48. The zero-order chi connectivity index (χ0) is 29.7. The normalized spacial score (nSPS) is 11.6. The van der Waals surface area contributed by atoms with Crippen molar-refractivity contribution in [2.75, 3.05) is 0 Å². The smallest absolute Gasteiger partial charge is 0.101 e. The van der Waals surface area contributed by atoms with Crippen LogP contribution < -0.4 is 0 Å². The van der Waals surface area contributed by atoms with Crippen molar-refractivity contribution < 1.29 is 0 Å². The highest BCUT2D eigenvalue weighted by Crippen LogP contribution is 2.41. The lowest BCUT2D eigenvalue weighted by Gasteiger charge is -2.12. The molecular formula is C41H26N4. The third-order valence-electron chi connectivity index (χ3n) is 8.62. The largest absolute Gasteiger partial charge is 0.254 e. The van der Waals surface area contributed by atoms with E-state index in [0.29, 0.717) is 0 Å². The number of rotatable bonds is 4. The quantitative estimate of drug-likeness (QED) is 0.196. The molecule has 4 heterocycles. The van der Waals surface area contributed by atoms with Gasteiger partial charge in [0.15, 0.2) is 0 Å². The maximum Gasteiger partial charge on any atom is 0.101 e. The molecule has 4 heteroatoms. The first-order chi connectivity index (χ1) is 22.3. The lowest BCUT2D eigenvalue weighted by molar-refractivity contribution is 0.979. The topological polar surface area (TPSA) is 43.1 Å². The first kappa shape index (κ1) is 25.4. The minimum atomic E-state index is 0.917. The highest BCUT2D eigenvalue weighted by atomic mass is 15.2. The van der Waals surface area contributed by atoms with Crippen molar-refractivity contribution in [1.29, 1.82) is 0 Å². The van der Waals surface area contributed by atoms with Gasteiger partial charge >= 0.3 is 0 Å². The molecule has 210 valence electrons. The van der Waals surface area contributed by atoms with Gasteiger partial charge in [0.25, 0.3) is 0 Å². The fraction of sp³-hybridized carbons (Fsp3) is 0. The lowest BCUT2D eigenvalue weighted by Crippen LogP contribution is -1.96. The van der Waals surface area contributed by atoms with Gasteiger partial charge in [-0.1, -0.05) is 127 Å². The SMILES string of the molecule is c1ccc(-c2nn3c(-c4ccccc4)cc4cc(-c5ccc6ccc7cccnc7c6n5)ccc4c3c2-c2ccccc2)cc1. The number of aromatic nitrogens is 4. The van der Waals surface area contributed by atoms with E-state index in [-0.39, 0.29) is 0 Å². The van der Waals surface area contributed by atoms with Gasteiger partial charge < -0.3 is 0 Å². The van der Waals surface area contributed by atoms with E-state index in [2.05, 4.69) is 149 Å². The van der Waals surface area contributed by atoms with Gasteiger partial charge in [-0.15, -0.1) is 0 Å². The van der Waals surface area contributed by atoms with E-state index < -0.39 is 0 Å². The van der Waals surface area contributed by atoms with Gasteiger partial charge in [0.05, 0.1) is 27.9 Å². The van der Waals surface area contributed by atoms with Crippen LogP contribution in [-0.2, 0) is 0 Å². The molecule has 0 saturated carbocycles. The second-order valence-corrected chi connectivity index (χ2v) is 11.3. The van der Waals surface area contributed by atoms with Crippen LogP contribution in [0.25, 0.3) is 83.0 Å². The van der Waals surface area contributed by atoms with Crippen LogP contribution in [0, 0.1) is 0 Å². The molecule has 4 aromatic heterocycles. The van der Waals surface area contributed by atoms with E-state index in [1.807, 2.05) is 18.3 Å². The van der Waals surface area contributed by atoms with E-state index in [4.69, 9.17) is 10.1 Å². The van der Waals surface area contributed by atoms with Crippen molar-refractivity contribution in [2.24, 2.45) is 0 Å². The molecule has 0 fully saturated rings. The molecule has 45 heavy (non-hydrogen) atoms. The van der Waals surface area contributed by atoms with Crippen molar-refractivity contribution in [3.63, 3.8) is 0 Å². The van der Waals surface area contributed by atoms with Crippen molar-refractivity contribution >= 4 is 38.1 Å². The van der Waals surface area contributed by atoms with E-state index in [1.54, 1.807) is 0 Å². The number of nitrogens with zero attached hydrogens (tertiary/aromatic N) is 4. The molecule has 0 unspecified atom stereocenters. The highest BCUT2D eigenvalue weighted by molar-refractivity contribution is 6.09. The van der Waals surface area contributed by atoms with Crippen LogP contribution in [0.5, 0.6) is 0 Å². The summed E-state index contributed by atoms with van der Waals surface area (Å²) >= 11 is 0. The van der Waals surface area contributed by atoms with Crippen molar-refractivity contribution in [3.8, 4) is 44.9 Å². The summed E-state index contributed by atoms with van der Waals surface area (Å²) in [5.41, 5.74) is 11.4. The maximum absolute atomic E-state index is 5.33. The average Bonchev–Trinajstić information content (AvgIpc) is 3.53. The molecule has 0 aliphatic heterocycles. The summed E-state index contributed by atoms with van der Waals surface area (Å²) in [5.74, 6) is 0. The Labute approximate surface area is 259 Å². The number of hydrogen-bond acceptors (Lipinski definition) is 3. The van der Waals surface area contributed by atoms with Crippen molar-refractivity contribution in [2.45, 2.75) is 0 Å². The number of benzene rings is 5. The molecule has 0 spiro atoms. The van der Waals surface area contributed by atoms with E-state index >= 15 is 0 Å². The third kappa shape index (κ3) is 4.19. The second kappa shape index (κ2) is 10.2. The molecule has 0 bridgehead atoms. The average molecular weight is 575 g/mol. The Morgan fingerprint density at radius 2 is 1.13 bits per heavy atom. The monoisotopic (exact) mass is 574 g/mol. The van der Waals surface area contributed by atoms with Gasteiger partial charge in [-0.2, -0.15) is 5.10 Å². The van der Waals surface area contributed by atoms with Crippen molar-refractivity contribution in [1.82, 2.24) is 19.6 Å². The summed E-state index contributed by atoms with van der Waals surface area (Å²) < 4.78 is 2.13. The molecule has 0 aliphatic rings. The maximum atomic E-state index is 5.33. The molecule has 5 aromatic carbocycles. The van der Waals surface area contributed by atoms with Crippen LogP contribution in [-0.4, -0.2) is 19.6 Å². The Morgan fingerprint density at radius 3 is 1.89 bits per heavy atom. The zero-order valence-electron chi connectivity index (χ0n) is 24.3.